The predicted octanol–water partition coefficient (Wildman–Crippen LogP) is 0.811. The molecule has 1 nitrogen and oxygen atoms in total. The zero-order chi connectivity index (χ0) is 4.69. The quantitative estimate of drug-likeness (QED) is 0.534. The Bertz CT molecular complexity index is 66.1. The molecule has 1 N–H and O–H groups in total. The highest BCUT2D eigenvalue weighted by Gasteiger charge is 2.30. The van der Waals surface area contributed by atoms with Gasteiger partial charge in [0.1, 0.15) is 0 Å². The van der Waals surface area contributed by atoms with Gasteiger partial charge in [-0.2, -0.15) is 0 Å². The van der Waals surface area contributed by atoms with Crippen LogP contribution in [-0.4, -0.2) is 17.2 Å². The molecular formula is C5H9NS. The molecule has 7 heavy (non-hydrogen) atoms. The molecule has 0 aromatic heterocycles. The van der Waals surface area contributed by atoms with Crippen LogP contribution in [0.25, 0.3) is 0 Å². The lowest BCUT2D eigenvalue weighted by Gasteiger charge is -1.91. The first kappa shape index (κ1) is 4.21. The van der Waals surface area contributed by atoms with Gasteiger partial charge in [0.2, 0.25) is 0 Å². The molecule has 1 unspecified atom stereocenters. The SMILES string of the molecule is C1CC1NC1CS1. The van der Waals surface area contributed by atoms with Gasteiger partial charge in [-0.3, -0.25) is 0 Å². The maximum atomic E-state index is 3.49. The van der Waals surface area contributed by atoms with Crippen LogP contribution in [0.15, 0.2) is 0 Å². The molecule has 1 saturated carbocycles. The van der Waals surface area contributed by atoms with E-state index < -0.39 is 0 Å². The van der Waals surface area contributed by atoms with Gasteiger partial charge in [0, 0.05) is 11.8 Å². The maximum absolute atomic E-state index is 3.49. The third-order valence-electron chi connectivity index (χ3n) is 1.33. The highest BCUT2D eigenvalue weighted by molar-refractivity contribution is 8.06. The fraction of sp³-hybridized carbons (Fsp3) is 1.00. The van der Waals surface area contributed by atoms with E-state index in [1.807, 2.05) is 11.8 Å². The average molecular weight is 115 g/mol. The lowest BCUT2D eigenvalue weighted by atomic mass is 10.6. The van der Waals surface area contributed by atoms with E-state index in [9.17, 15) is 0 Å². The van der Waals surface area contributed by atoms with Crippen LogP contribution in [0, 0.1) is 0 Å². The second-order valence-electron chi connectivity index (χ2n) is 2.26. The van der Waals surface area contributed by atoms with Crippen molar-refractivity contribution >= 4 is 11.8 Å². The molecule has 2 rings (SSSR count). The fourth-order valence-corrected chi connectivity index (χ4v) is 1.14. The van der Waals surface area contributed by atoms with Crippen molar-refractivity contribution in [1.82, 2.24) is 5.32 Å². The van der Waals surface area contributed by atoms with Crippen molar-refractivity contribution in [3.8, 4) is 0 Å². The van der Waals surface area contributed by atoms with Crippen LogP contribution in [0.5, 0.6) is 0 Å². The van der Waals surface area contributed by atoms with E-state index in [1.54, 1.807) is 0 Å². The van der Waals surface area contributed by atoms with Gasteiger partial charge in [-0.1, -0.05) is 0 Å². The molecule has 2 heteroatoms. The van der Waals surface area contributed by atoms with Crippen molar-refractivity contribution < 1.29 is 0 Å². The standard InChI is InChI=1S/C5H9NS/c1-2-4(1)6-5-3-7-5/h4-6H,1-3H2. The molecule has 0 bridgehead atoms. The summed E-state index contributed by atoms with van der Waals surface area (Å²) in [7, 11) is 0. The third kappa shape index (κ3) is 1.10. The van der Waals surface area contributed by atoms with Crippen LogP contribution in [0.3, 0.4) is 0 Å². The van der Waals surface area contributed by atoms with Crippen molar-refractivity contribution in [2.24, 2.45) is 0 Å². The first-order chi connectivity index (χ1) is 3.45. The minimum atomic E-state index is 0.854. The largest absolute Gasteiger partial charge is 0.302 e. The van der Waals surface area contributed by atoms with E-state index in [-0.39, 0.29) is 0 Å². The van der Waals surface area contributed by atoms with Gasteiger partial charge in [-0.05, 0) is 12.8 Å². The number of hydrogen-bond donors (Lipinski definition) is 1. The first-order valence-electron chi connectivity index (χ1n) is 2.83. The second-order valence-corrected chi connectivity index (χ2v) is 3.50. The summed E-state index contributed by atoms with van der Waals surface area (Å²) in [4.78, 5) is 0. The molecule has 0 aromatic carbocycles. The molecule has 0 spiro atoms. The summed E-state index contributed by atoms with van der Waals surface area (Å²) in [5.41, 5.74) is 0. The minimum absolute atomic E-state index is 0.854. The number of rotatable bonds is 2. The zero-order valence-corrected chi connectivity index (χ0v) is 5.00. The van der Waals surface area contributed by atoms with E-state index >= 15 is 0 Å². The maximum Gasteiger partial charge on any atom is 0.0627 e. The summed E-state index contributed by atoms with van der Waals surface area (Å²) in [5, 5.41) is 4.34. The van der Waals surface area contributed by atoms with E-state index in [2.05, 4.69) is 5.32 Å². The smallest absolute Gasteiger partial charge is 0.0627 e. The van der Waals surface area contributed by atoms with Crippen molar-refractivity contribution in [2.75, 3.05) is 5.75 Å². The van der Waals surface area contributed by atoms with Crippen LogP contribution >= 0.6 is 11.8 Å². The zero-order valence-electron chi connectivity index (χ0n) is 4.18. The van der Waals surface area contributed by atoms with Crippen LogP contribution in [0.1, 0.15) is 12.8 Å². The molecule has 1 heterocycles. The van der Waals surface area contributed by atoms with Gasteiger partial charge in [0.15, 0.2) is 0 Å². The Morgan fingerprint density at radius 2 is 2.14 bits per heavy atom. The molecule has 40 valence electrons. The Labute approximate surface area is 47.9 Å². The third-order valence-corrected chi connectivity index (χ3v) is 2.14. The molecule has 2 aliphatic rings. The lowest BCUT2D eigenvalue weighted by molar-refractivity contribution is 0.722. The van der Waals surface area contributed by atoms with Crippen molar-refractivity contribution in [1.29, 1.82) is 0 Å². The van der Waals surface area contributed by atoms with E-state index in [1.165, 1.54) is 18.6 Å². The molecule has 0 aromatic rings. The van der Waals surface area contributed by atoms with Gasteiger partial charge >= 0.3 is 0 Å². The summed E-state index contributed by atoms with van der Waals surface area (Å²) in [6.45, 7) is 0. The Hall–Kier alpha value is 0.310. The van der Waals surface area contributed by atoms with Crippen LogP contribution < -0.4 is 5.32 Å². The molecule has 2 fully saturated rings. The summed E-state index contributed by atoms with van der Waals surface area (Å²) in [6.07, 6.45) is 2.86. The molecule has 1 saturated heterocycles. The summed E-state index contributed by atoms with van der Waals surface area (Å²) < 4.78 is 0. The Morgan fingerprint density at radius 3 is 2.57 bits per heavy atom. The lowest BCUT2D eigenvalue weighted by Crippen LogP contribution is -2.18. The van der Waals surface area contributed by atoms with Crippen LogP contribution in [0.4, 0.5) is 0 Å². The molecule has 0 radical (unpaired) electrons. The minimum Gasteiger partial charge on any atom is -0.302 e. The Kier molecular flexibility index (Phi) is 0.837. The first-order valence-corrected chi connectivity index (χ1v) is 3.88. The second kappa shape index (κ2) is 1.39. The average Bonchev–Trinajstić information content (AvgIpc) is 2.33. The number of hydrogen-bond acceptors (Lipinski definition) is 2. The highest BCUT2D eigenvalue weighted by Crippen LogP contribution is 2.31. The molecule has 1 aliphatic carbocycles. The van der Waals surface area contributed by atoms with Gasteiger partial charge < -0.3 is 5.32 Å². The normalized spacial score (nSPS) is 38.6. The number of thioether (sulfide) groups is 1. The Morgan fingerprint density at radius 1 is 1.43 bits per heavy atom. The molecule has 1 atom stereocenters. The predicted molar refractivity (Wildman–Crippen MR) is 32.4 cm³/mol. The van der Waals surface area contributed by atoms with E-state index in [4.69, 9.17) is 0 Å². The van der Waals surface area contributed by atoms with Crippen LogP contribution in [0.2, 0.25) is 0 Å². The van der Waals surface area contributed by atoms with Crippen LogP contribution in [-0.2, 0) is 0 Å². The Balaban J connectivity index is 1.69. The van der Waals surface area contributed by atoms with Crippen molar-refractivity contribution in [2.45, 2.75) is 24.3 Å². The summed E-state index contributed by atoms with van der Waals surface area (Å²) in [5.74, 6) is 1.36. The topological polar surface area (TPSA) is 12.0 Å². The van der Waals surface area contributed by atoms with Gasteiger partial charge in [0.25, 0.3) is 0 Å². The van der Waals surface area contributed by atoms with Crippen molar-refractivity contribution in [3.63, 3.8) is 0 Å². The molecular weight excluding hydrogens is 106 g/mol. The van der Waals surface area contributed by atoms with Crippen molar-refractivity contribution in [3.05, 3.63) is 0 Å². The van der Waals surface area contributed by atoms with Gasteiger partial charge in [0.05, 0.1) is 5.37 Å². The molecule has 0 amide bonds. The van der Waals surface area contributed by atoms with E-state index in [0.29, 0.717) is 0 Å². The highest BCUT2D eigenvalue weighted by atomic mass is 32.2. The van der Waals surface area contributed by atoms with Gasteiger partial charge in [-0.15, -0.1) is 11.8 Å². The van der Waals surface area contributed by atoms with Gasteiger partial charge in [-0.25, -0.2) is 0 Å². The van der Waals surface area contributed by atoms with E-state index in [0.717, 1.165) is 11.4 Å². The summed E-state index contributed by atoms with van der Waals surface area (Å²) in [6, 6.07) is 0.917. The summed E-state index contributed by atoms with van der Waals surface area (Å²) >= 11 is 2.03. The monoisotopic (exact) mass is 115 g/mol. The molecule has 1 aliphatic heterocycles. The number of nitrogens with one attached hydrogen (secondary N) is 1. The fourth-order valence-electron chi connectivity index (χ4n) is 0.657.